The smallest absolute Gasteiger partial charge is 0.164 e. The lowest BCUT2D eigenvalue weighted by atomic mass is 10.3. The van der Waals surface area contributed by atoms with Crippen LogP contribution in [0.4, 0.5) is 4.39 Å². The zero-order valence-electron chi connectivity index (χ0n) is 10.8. The maximum Gasteiger partial charge on any atom is 0.164 e. The Kier molecular flexibility index (Phi) is 3.90. The van der Waals surface area contributed by atoms with Gasteiger partial charge in [0.05, 0.1) is 16.1 Å². The van der Waals surface area contributed by atoms with E-state index in [2.05, 4.69) is 25.9 Å². The van der Waals surface area contributed by atoms with Crippen molar-refractivity contribution in [2.75, 3.05) is 0 Å². The van der Waals surface area contributed by atoms with Crippen molar-refractivity contribution in [2.45, 2.75) is 12.3 Å². The summed E-state index contributed by atoms with van der Waals surface area (Å²) in [5.74, 6) is 0.0975. The third-order valence-corrected chi connectivity index (χ3v) is 3.94. The molecule has 0 amide bonds. The topological polar surface area (TPSA) is 30.7 Å². The van der Waals surface area contributed by atoms with Gasteiger partial charge in [-0.2, -0.15) is 0 Å². The van der Waals surface area contributed by atoms with Crippen molar-refractivity contribution in [3.05, 3.63) is 51.6 Å². The molecule has 3 rings (SSSR count). The number of imidazole rings is 1. The monoisotopic (exact) mass is 387 g/mol. The Morgan fingerprint density at radius 2 is 2.10 bits per heavy atom. The summed E-state index contributed by atoms with van der Waals surface area (Å²) in [6.45, 7) is 1.81. The molecule has 0 fully saturated rings. The lowest BCUT2D eigenvalue weighted by molar-refractivity contribution is 0.626. The van der Waals surface area contributed by atoms with Gasteiger partial charge in [0.1, 0.15) is 17.2 Å². The van der Waals surface area contributed by atoms with Crippen LogP contribution in [0.2, 0.25) is 5.02 Å². The van der Waals surface area contributed by atoms with Crippen LogP contribution < -0.4 is 0 Å². The highest BCUT2D eigenvalue weighted by molar-refractivity contribution is 9.10. The predicted molar refractivity (Wildman–Crippen MR) is 85.8 cm³/mol. The molecule has 3 aromatic rings. The van der Waals surface area contributed by atoms with Crippen molar-refractivity contribution < 1.29 is 4.39 Å². The molecular formula is C14H9BrCl2FN3. The molecule has 0 bridgehead atoms. The Morgan fingerprint density at radius 1 is 1.33 bits per heavy atom. The molecule has 1 aromatic carbocycles. The van der Waals surface area contributed by atoms with Crippen LogP contribution in [0.5, 0.6) is 0 Å². The molecule has 0 saturated heterocycles. The quantitative estimate of drug-likeness (QED) is 0.559. The molecule has 1 atom stereocenters. The molecular weight excluding hydrogens is 380 g/mol. The maximum atomic E-state index is 13.7. The van der Waals surface area contributed by atoms with Crippen LogP contribution in [-0.2, 0) is 0 Å². The van der Waals surface area contributed by atoms with Crippen LogP contribution in [0.25, 0.3) is 16.9 Å². The highest BCUT2D eigenvalue weighted by Gasteiger charge is 2.18. The second-order valence-electron chi connectivity index (χ2n) is 4.52. The van der Waals surface area contributed by atoms with Gasteiger partial charge in [0.15, 0.2) is 5.65 Å². The maximum absolute atomic E-state index is 13.7. The van der Waals surface area contributed by atoms with Gasteiger partial charge in [-0.15, -0.1) is 11.6 Å². The summed E-state index contributed by atoms with van der Waals surface area (Å²) in [5, 5.41) is -0.281. The number of aromatic nitrogens is 3. The van der Waals surface area contributed by atoms with E-state index in [1.54, 1.807) is 23.8 Å². The van der Waals surface area contributed by atoms with Crippen LogP contribution in [0, 0.1) is 5.82 Å². The van der Waals surface area contributed by atoms with Gasteiger partial charge < -0.3 is 0 Å². The first kappa shape index (κ1) is 14.8. The summed E-state index contributed by atoms with van der Waals surface area (Å²) < 4.78 is 16.3. The van der Waals surface area contributed by atoms with Crippen LogP contribution in [-0.4, -0.2) is 14.5 Å². The van der Waals surface area contributed by atoms with Gasteiger partial charge >= 0.3 is 0 Å². The molecule has 1 unspecified atom stereocenters. The Morgan fingerprint density at radius 3 is 2.76 bits per heavy atom. The zero-order chi connectivity index (χ0) is 15.1. The van der Waals surface area contributed by atoms with Gasteiger partial charge in [-0.05, 0) is 47.1 Å². The Bertz CT molecular complexity index is 832. The summed E-state index contributed by atoms with van der Waals surface area (Å²) in [7, 11) is 0. The second kappa shape index (κ2) is 5.55. The fraction of sp³-hybridized carbons (Fsp3) is 0.143. The highest BCUT2D eigenvalue weighted by Crippen LogP contribution is 2.29. The van der Waals surface area contributed by atoms with E-state index in [4.69, 9.17) is 23.2 Å². The largest absolute Gasteiger partial charge is 0.279 e. The minimum Gasteiger partial charge on any atom is -0.279 e. The average Bonchev–Trinajstić information content (AvgIpc) is 2.80. The van der Waals surface area contributed by atoms with Crippen molar-refractivity contribution in [3.8, 4) is 5.69 Å². The number of hydrogen-bond acceptors (Lipinski definition) is 2. The normalized spacial score (nSPS) is 12.8. The SMILES string of the molecule is CC(Cl)c1nc2cc(Br)cnc2n1-c1ccc(Cl)c(F)c1. The van der Waals surface area contributed by atoms with Crippen molar-refractivity contribution in [3.63, 3.8) is 0 Å². The molecule has 0 saturated carbocycles. The fourth-order valence-electron chi connectivity index (χ4n) is 2.10. The number of halogens is 4. The van der Waals surface area contributed by atoms with E-state index in [1.165, 1.54) is 12.1 Å². The van der Waals surface area contributed by atoms with Gasteiger partial charge in [-0.1, -0.05) is 11.6 Å². The van der Waals surface area contributed by atoms with Crippen LogP contribution in [0.3, 0.4) is 0 Å². The molecule has 3 nitrogen and oxygen atoms in total. The lowest BCUT2D eigenvalue weighted by Gasteiger charge is -2.10. The number of benzene rings is 1. The van der Waals surface area contributed by atoms with Crippen LogP contribution in [0.1, 0.15) is 18.1 Å². The molecule has 21 heavy (non-hydrogen) atoms. The molecule has 0 spiro atoms. The standard InChI is InChI=1S/C14H9BrCl2FN3/c1-7(16)13-20-12-4-8(15)6-19-14(12)21(13)9-2-3-10(17)11(18)5-9/h2-7H,1H3. The summed E-state index contributed by atoms with van der Waals surface area (Å²) in [6, 6.07) is 6.39. The van der Waals surface area contributed by atoms with E-state index in [-0.39, 0.29) is 10.4 Å². The molecule has 7 heteroatoms. The summed E-state index contributed by atoms with van der Waals surface area (Å²) in [5.41, 5.74) is 1.88. The van der Waals surface area contributed by atoms with E-state index >= 15 is 0 Å². The molecule has 2 heterocycles. The Labute approximate surface area is 138 Å². The lowest BCUT2D eigenvalue weighted by Crippen LogP contribution is -2.03. The molecule has 108 valence electrons. The van der Waals surface area contributed by atoms with Gasteiger partial charge in [-0.25, -0.2) is 14.4 Å². The van der Waals surface area contributed by atoms with E-state index in [1.807, 2.05) is 6.07 Å². The minimum atomic E-state index is -0.499. The first-order chi connectivity index (χ1) is 9.97. The summed E-state index contributed by atoms with van der Waals surface area (Å²) >= 11 is 15.3. The third kappa shape index (κ3) is 2.65. The molecule has 0 radical (unpaired) electrons. The number of pyridine rings is 1. The van der Waals surface area contributed by atoms with Gasteiger partial charge in [0.25, 0.3) is 0 Å². The van der Waals surface area contributed by atoms with E-state index in [9.17, 15) is 4.39 Å². The van der Waals surface area contributed by atoms with E-state index in [0.29, 0.717) is 22.7 Å². The van der Waals surface area contributed by atoms with Crippen molar-refractivity contribution in [1.82, 2.24) is 14.5 Å². The number of nitrogens with zero attached hydrogens (tertiary/aromatic N) is 3. The molecule has 0 aliphatic carbocycles. The van der Waals surface area contributed by atoms with Gasteiger partial charge in [0.2, 0.25) is 0 Å². The van der Waals surface area contributed by atoms with Crippen LogP contribution >= 0.6 is 39.1 Å². The minimum absolute atomic E-state index is 0.0688. The van der Waals surface area contributed by atoms with Crippen molar-refractivity contribution in [1.29, 1.82) is 0 Å². The summed E-state index contributed by atoms with van der Waals surface area (Å²) in [4.78, 5) is 8.84. The van der Waals surface area contributed by atoms with Crippen molar-refractivity contribution in [2.24, 2.45) is 0 Å². The summed E-state index contributed by atoms with van der Waals surface area (Å²) in [6.07, 6.45) is 1.66. The zero-order valence-corrected chi connectivity index (χ0v) is 13.9. The number of hydrogen-bond donors (Lipinski definition) is 0. The van der Waals surface area contributed by atoms with Crippen LogP contribution in [0.15, 0.2) is 34.9 Å². The molecule has 0 N–H and O–H groups in total. The molecule has 0 aliphatic rings. The Hall–Kier alpha value is -1.17. The average molecular weight is 389 g/mol. The van der Waals surface area contributed by atoms with E-state index < -0.39 is 5.82 Å². The van der Waals surface area contributed by atoms with Gasteiger partial charge in [0, 0.05) is 10.7 Å². The number of fused-ring (bicyclic) bond motifs is 1. The first-order valence-corrected chi connectivity index (χ1v) is 7.71. The molecule has 2 aromatic heterocycles. The Balaban J connectivity index is 2.33. The number of rotatable bonds is 2. The fourth-order valence-corrected chi connectivity index (χ4v) is 2.69. The predicted octanol–water partition coefficient (Wildman–Crippen LogP) is 5.28. The molecule has 0 aliphatic heterocycles. The first-order valence-electron chi connectivity index (χ1n) is 6.11. The van der Waals surface area contributed by atoms with Gasteiger partial charge in [-0.3, -0.25) is 4.57 Å². The second-order valence-corrected chi connectivity index (χ2v) is 6.49. The highest BCUT2D eigenvalue weighted by atomic mass is 79.9. The van der Waals surface area contributed by atoms with E-state index in [0.717, 1.165) is 4.47 Å². The number of alkyl halides is 1. The third-order valence-electron chi connectivity index (χ3n) is 3.01. The van der Waals surface area contributed by atoms with Crippen molar-refractivity contribution >= 4 is 50.3 Å².